The highest BCUT2D eigenvalue weighted by molar-refractivity contribution is 5.76. The highest BCUT2D eigenvalue weighted by Crippen LogP contribution is 2.12. The van der Waals surface area contributed by atoms with Crippen molar-refractivity contribution in [1.82, 2.24) is 5.32 Å². The maximum absolute atomic E-state index is 12.3. The van der Waals surface area contributed by atoms with Crippen molar-refractivity contribution in [1.29, 1.82) is 0 Å². The van der Waals surface area contributed by atoms with Crippen molar-refractivity contribution in [2.24, 2.45) is 0 Å². The molecule has 0 saturated carbocycles. The molecule has 0 aromatic heterocycles. The molecule has 0 bridgehead atoms. The lowest BCUT2D eigenvalue weighted by Crippen LogP contribution is -2.45. The number of hydrogen-bond acceptors (Lipinski definition) is 3. The quantitative estimate of drug-likeness (QED) is 0.0459. The summed E-state index contributed by atoms with van der Waals surface area (Å²) in [7, 11) is 0. The van der Waals surface area contributed by atoms with Crippen molar-refractivity contribution in [2.75, 3.05) is 6.61 Å². The third-order valence-electron chi connectivity index (χ3n) is 8.95. The summed E-state index contributed by atoms with van der Waals surface area (Å²) >= 11 is 0. The summed E-state index contributed by atoms with van der Waals surface area (Å²) in [5, 5.41) is 22.9. The molecule has 0 aromatic rings. The number of aliphatic hydroxyl groups is 2. The molecule has 3 N–H and O–H groups in total. The maximum Gasteiger partial charge on any atom is 0.220 e. The zero-order valence-electron chi connectivity index (χ0n) is 31.7. The third kappa shape index (κ3) is 35.4. The van der Waals surface area contributed by atoms with Crippen molar-refractivity contribution in [3.8, 4) is 0 Å². The van der Waals surface area contributed by atoms with Gasteiger partial charge in [0.25, 0.3) is 0 Å². The van der Waals surface area contributed by atoms with Crippen LogP contribution in [0.15, 0.2) is 60.8 Å². The number of rotatable bonds is 36. The van der Waals surface area contributed by atoms with Gasteiger partial charge in [-0.3, -0.25) is 4.79 Å². The molecule has 0 aliphatic rings. The average Bonchev–Trinajstić information content (AvgIpc) is 3.09. The Balaban J connectivity index is 3.70. The van der Waals surface area contributed by atoms with Gasteiger partial charge in [0, 0.05) is 6.42 Å². The van der Waals surface area contributed by atoms with E-state index in [2.05, 4.69) is 67.8 Å². The van der Waals surface area contributed by atoms with Crippen LogP contribution in [0.2, 0.25) is 0 Å². The number of hydrogen-bond donors (Lipinski definition) is 3. The van der Waals surface area contributed by atoms with E-state index in [4.69, 9.17) is 0 Å². The highest BCUT2D eigenvalue weighted by atomic mass is 16.3. The largest absolute Gasteiger partial charge is 0.394 e. The van der Waals surface area contributed by atoms with Gasteiger partial charge in [0.05, 0.1) is 18.8 Å². The van der Waals surface area contributed by atoms with E-state index in [1.54, 1.807) is 6.08 Å². The van der Waals surface area contributed by atoms with Crippen LogP contribution in [0.5, 0.6) is 0 Å². The Kier molecular flexibility index (Phi) is 38.0. The van der Waals surface area contributed by atoms with Crippen LogP contribution in [-0.4, -0.2) is 34.9 Å². The van der Waals surface area contributed by atoms with Crippen LogP contribution >= 0.6 is 0 Å². The first-order chi connectivity index (χ1) is 23.7. The predicted molar refractivity (Wildman–Crippen MR) is 211 cm³/mol. The Morgan fingerprint density at radius 3 is 1.38 bits per heavy atom. The minimum atomic E-state index is -0.874. The molecule has 0 aliphatic carbocycles. The molecule has 278 valence electrons. The van der Waals surface area contributed by atoms with Gasteiger partial charge in [-0.15, -0.1) is 0 Å². The first-order valence-electron chi connectivity index (χ1n) is 20.5. The van der Waals surface area contributed by atoms with Gasteiger partial charge in [0.1, 0.15) is 0 Å². The number of amides is 1. The van der Waals surface area contributed by atoms with Gasteiger partial charge in [-0.2, -0.15) is 0 Å². The number of carbonyl (C=O) groups is 1. The molecule has 0 radical (unpaired) electrons. The molecule has 4 heteroatoms. The van der Waals surface area contributed by atoms with Crippen molar-refractivity contribution in [3.05, 3.63) is 60.8 Å². The first-order valence-corrected chi connectivity index (χ1v) is 20.5. The molecule has 48 heavy (non-hydrogen) atoms. The van der Waals surface area contributed by atoms with Crippen LogP contribution in [0.25, 0.3) is 0 Å². The lowest BCUT2D eigenvalue weighted by atomic mass is 10.1. The van der Waals surface area contributed by atoms with Crippen molar-refractivity contribution < 1.29 is 15.0 Å². The summed E-state index contributed by atoms with van der Waals surface area (Å²) in [6.45, 7) is 4.25. The Morgan fingerprint density at radius 2 is 0.875 bits per heavy atom. The van der Waals surface area contributed by atoms with E-state index in [0.29, 0.717) is 6.42 Å². The monoisotopic (exact) mass is 670 g/mol. The molecule has 1 amide bonds. The van der Waals surface area contributed by atoms with E-state index in [1.165, 1.54) is 122 Å². The first kappa shape index (κ1) is 46.1. The number of aliphatic hydroxyl groups excluding tert-OH is 2. The Labute approximate surface area is 298 Å². The molecule has 4 nitrogen and oxygen atoms in total. The normalized spacial score (nSPS) is 13.7. The summed E-state index contributed by atoms with van der Waals surface area (Å²) in [5.74, 6) is -0.0887. The topological polar surface area (TPSA) is 69.6 Å². The predicted octanol–water partition coefficient (Wildman–Crippen LogP) is 12.6. The van der Waals surface area contributed by atoms with Gasteiger partial charge in [-0.05, 0) is 77.0 Å². The molecular weight excluding hydrogens is 590 g/mol. The minimum Gasteiger partial charge on any atom is -0.394 e. The Hall–Kier alpha value is -1.91. The van der Waals surface area contributed by atoms with Crippen molar-refractivity contribution in [2.45, 2.75) is 206 Å². The summed E-state index contributed by atoms with van der Waals surface area (Å²) < 4.78 is 0. The van der Waals surface area contributed by atoms with Crippen LogP contribution in [0.4, 0.5) is 0 Å². The summed E-state index contributed by atoms with van der Waals surface area (Å²) in [5.41, 5.74) is 0. The third-order valence-corrected chi connectivity index (χ3v) is 8.95. The van der Waals surface area contributed by atoms with E-state index in [-0.39, 0.29) is 12.5 Å². The Morgan fingerprint density at radius 1 is 0.500 bits per heavy atom. The zero-order chi connectivity index (χ0) is 35.0. The molecule has 0 rings (SSSR count). The van der Waals surface area contributed by atoms with E-state index < -0.39 is 12.1 Å². The van der Waals surface area contributed by atoms with Crippen LogP contribution < -0.4 is 5.32 Å². The molecule has 0 fully saturated rings. The highest BCUT2D eigenvalue weighted by Gasteiger charge is 2.17. The molecule has 0 heterocycles. The number of nitrogens with one attached hydrogen (secondary N) is 1. The molecule has 0 saturated heterocycles. The number of allylic oxidation sites excluding steroid dienone is 9. The maximum atomic E-state index is 12.3. The summed E-state index contributed by atoms with van der Waals surface area (Å²) in [4.78, 5) is 12.3. The van der Waals surface area contributed by atoms with Gasteiger partial charge in [0.15, 0.2) is 0 Å². The number of unbranched alkanes of at least 4 members (excludes halogenated alkanes) is 21. The van der Waals surface area contributed by atoms with Gasteiger partial charge < -0.3 is 15.5 Å². The zero-order valence-corrected chi connectivity index (χ0v) is 31.7. The van der Waals surface area contributed by atoms with E-state index in [9.17, 15) is 15.0 Å². The molecule has 0 spiro atoms. The van der Waals surface area contributed by atoms with E-state index >= 15 is 0 Å². The van der Waals surface area contributed by atoms with Gasteiger partial charge in [-0.25, -0.2) is 0 Å². The molecule has 0 aromatic carbocycles. The van der Waals surface area contributed by atoms with Crippen LogP contribution in [0, 0.1) is 0 Å². The second kappa shape index (κ2) is 39.5. The lowest BCUT2D eigenvalue weighted by molar-refractivity contribution is -0.123. The molecule has 2 unspecified atom stereocenters. The van der Waals surface area contributed by atoms with Gasteiger partial charge in [0.2, 0.25) is 5.91 Å². The smallest absolute Gasteiger partial charge is 0.220 e. The van der Waals surface area contributed by atoms with Crippen molar-refractivity contribution >= 4 is 5.91 Å². The lowest BCUT2D eigenvalue weighted by Gasteiger charge is -2.19. The fraction of sp³-hybridized carbons (Fsp3) is 0.750. The Bertz CT molecular complexity index is 812. The minimum absolute atomic E-state index is 0.0887. The fourth-order valence-corrected chi connectivity index (χ4v) is 5.77. The van der Waals surface area contributed by atoms with Crippen LogP contribution in [0.1, 0.15) is 194 Å². The summed E-state index contributed by atoms with van der Waals surface area (Å²) in [6.07, 6.45) is 54.5. The van der Waals surface area contributed by atoms with E-state index in [0.717, 1.165) is 51.4 Å². The number of carbonyl (C=O) groups excluding carboxylic acids is 1. The van der Waals surface area contributed by atoms with Gasteiger partial charge in [-0.1, -0.05) is 171 Å². The fourth-order valence-electron chi connectivity index (χ4n) is 5.77. The molecule has 2 atom stereocenters. The van der Waals surface area contributed by atoms with E-state index in [1.807, 2.05) is 6.08 Å². The van der Waals surface area contributed by atoms with Crippen LogP contribution in [0.3, 0.4) is 0 Å². The molecule has 0 aliphatic heterocycles. The second-order valence-electron chi connectivity index (χ2n) is 13.7. The standard InChI is InChI=1S/C44H79NO3/c1-3-5-7-9-11-13-15-17-19-21-22-24-25-27-29-31-33-35-37-39-43(47)42(41-46)45-44(48)40-38-36-34-32-30-28-26-23-20-18-16-14-12-10-8-6-4-2/h12,14,18,20,22,24,29,31,37,39,42-43,46-47H,3-11,13,15-17,19,21,23,25-28,30,32-36,38,40-41H2,1-2H3,(H,45,48)/b14-12-,20-18-,24-22+,31-29+,39-37+. The molecular formula is C44H79NO3. The second-order valence-corrected chi connectivity index (χ2v) is 13.7. The van der Waals surface area contributed by atoms with Gasteiger partial charge >= 0.3 is 0 Å². The summed E-state index contributed by atoms with van der Waals surface area (Å²) in [6, 6.07) is -0.650. The SMILES string of the molecule is CCCCC/C=C\C/C=C\CCCCCCCCCC(=O)NC(CO)C(O)/C=C/CC/C=C/CC/C=C/CCCCCCCCCCC. The van der Waals surface area contributed by atoms with Crippen molar-refractivity contribution in [3.63, 3.8) is 0 Å². The van der Waals surface area contributed by atoms with Crippen LogP contribution in [-0.2, 0) is 4.79 Å². The average molecular weight is 670 g/mol.